The third-order valence-corrected chi connectivity index (χ3v) is 5.69. The maximum absolute atomic E-state index is 12.9. The van der Waals surface area contributed by atoms with Gasteiger partial charge in [0.15, 0.2) is 11.5 Å². The van der Waals surface area contributed by atoms with Gasteiger partial charge >= 0.3 is 0 Å². The van der Waals surface area contributed by atoms with E-state index < -0.39 is 10.0 Å². The average Bonchev–Trinajstić information content (AvgIpc) is 2.65. The lowest BCUT2D eigenvalue weighted by Crippen LogP contribution is -2.32. The number of hydrogen-bond acceptors (Lipinski definition) is 5. The van der Waals surface area contributed by atoms with E-state index in [0.29, 0.717) is 24.7 Å². The first-order valence-corrected chi connectivity index (χ1v) is 9.95. The summed E-state index contributed by atoms with van der Waals surface area (Å²) in [5, 5.41) is 0. The smallest absolute Gasteiger partial charge is 0.241 e. The molecule has 3 rings (SSSR count). The average molecular weight is 377 g/mol. The molecule has 0 fully saturated rings. The fourth-order valence-electron chi connectivity index (χ4n) is 2.83. The van der Waals surface area contributed by atoms with Crippen LogP contribution in [-0.4, -0.2) is 28.7 Å². The molecule has 1 heterocycles. The first-order chi connectivity index (χ1) is 12.4. The molecule has 6 nitrogen and oxygen atoms in total. The van der Waals surface area contributed by atoms with E-state index in [-0.39, 0.29) is 16.9 Å². The van der Waals surface area contributed by atoms with Gasteiger partial charge in [-0.3, -0.25) is 0 Å². The van der Waals surface area contributed by atoms with Crippen molar-refractivity contribution >= 4 is 10.0 Å². The van der Waals surface area contributed by atoms with Gasteiger partial charge in [-0.1, -0.05) is 26.0 Å². The van der Waals surface area contributed by atoms with Gasteiger partial charge in [0, 0.05) is 12.1 Å². The number of benzene rings is 2. The molecular weight excluding hydrogens is 354 g/mol. The van der Waals surface area contributed by atoms with E-state index in [0.717, 1.165) is 11.3 Å². The molecule has 0 saturated carbocycles. The van der Waals surface area contributed by atoms with Crippen LogP contribution < -0.4 is 18.9 Å². The molecule has 0 amide bonds. The van der Waals surface area contributed by atoms with Crippen LogP contribution in [0, 0.1) is 5.92 Å². The van der Waals surface area contributed by atoms with Crippen molar-refractivity contribution in [2.45, 2.75) is 24.8 Å². The molecule has 0 aromatic heterocycles. The zero-order chi connectivity index (χ0) is 18.7. The second kappa shape index (κ2) is 7.55. The predicted molar refractivity (Wildman–Crippen MR) is 98.3 cm³/mol. The molecule has 0 aliphatic carbocycles. The van der Waals surface area contributed by atoms with Crippen molar-refractivity contribution in [3.05, 3.63) is 48.0 Å². The molecule has 2 aromatic carbocycles. The van der Waals surface area contributed by atoms with Gasteiger partial charge in [-0.05, 0) is 35.7 Å². The third-order valence-electron chi connectivity index (χ3n) is 4.25. The molecule has 2 aromatic rings. The van der Waals surface area contributed by atoms with Crippen molar-refractivity contribution in [3.8, 4) is 17.2 Å². The van der Waals surface area contributed by atoms with E-state index in [1.165, 1.54) is 12.1 Å². The SMILES string of the molecule is COc1ccc([C@@H](NS(=O)(=O)c2ccc3c(c2)OCCO3)C(C)C)cc1. The Morgan fingerprint density at radius 3 is 2.27 bits per heavy atom. The van der Waals surface area contributed by atoms with Crippen LogP contribution in [0.2, 0.25) is 0 Å². The van der Waals surface area contributed by atoms with Gasteiger partial charge in [0.2, 0.25) is 10.0 Å². The lowest BCUT2D eigenvalue weighted by molar-refractivity contribution is 0.171. The lowest BCUT2D eigenvalue weighted by atomic mass is 9.97. The number of methoxy groups -OCH3 is 1. The van der Waals surface area contributed by atoms with Gasteiger partial charge in [-0.2, -0.15) is 0 Å². The van der Waals surface area contributed by atoms with Crippen LogP contribution in [-0.2, 0) is 10.0 Å². The zero-order valence-electron chi connectivity index (χ0n) is 15.1. The summed E-state index contributed by atoms with van der Waals surface area (Å²) in [6, 6.07) is 11.7. The molecule has 0 radical (unpaired) electrons. The quantitative estimate of drug-likeness (QED) is 0.837. The summed E-state index contributed by atoms with van der Waals surface area (Å²) >= 11 is 0. The highest BCUT2D eigenvalue weighted by Gasteiger charge is 2.25. The monoisotopic (exact) mass is 377 g/mol. The Hall–Kier alpha value is -2.25. The number of nitrogens with one attached hydrogen (secondary N) is 1. The summed E-state index contributed by atoms with van der Waals surface area (Å²) < 4.78 is 44.7. The molecule has 0 unspecified atom stereocenters. The van der Waals surface area contributed by atoms with Gasteiger partial charge in [-0.15, -0.1) is 0 Å². The Labute approximate surface area is 154 Å². The van der Waals surface area contributed by atoms with Gasteiger partial charge < -0.3 is 14.2 Å². The van der Waals surface area contributed by atoms with Crippen molar-refractivity contribution in [1.29, 1.82) is 0 Å². The minimum absolute atomic E-state index is 0.0652. The highest BCUT2D eigenvalue weighted by atomic mass is 32.2. The minimum atomic E-state index is -3.72. The van der Waals surface area contributed by atoms with Crippen LogP contribution in [0.25, 0.3) is 0 Å². The van der Waals surface area contributed by atoms with E-state index in [1.807, 2.05) is 38.1 Å². The van der Waals surface area contributed by atoms with E-state index in [4.69, 9.17) is 14.2 Å². The number of hydrogen-bond donors (Lipinski definition) is 1. The number of fused-ring (bicyclic) bond motifs is 1. The first-order valence-electron chi connectivity index (χ1n) is 8.46. The largest absolute Gasteiger partial charge is 0.497 e. The van der Waals surface area contributed by atoms with Crippen LogP contribution in [0.1, 0.15) is 25.5 Å². The molecule has 1 N–H and O–H groups in total. The first kappa shape index (κ1) is 18.5. The predicted octanol–water partition coefficient (Wildman–Crippen LogP) is 3.14. The summed E-state index contributed by atoms with van der Waals surface area (Å²) in [7, 11) is -2.12. The third kappa shape index (κ3) is 3.94. The number of ether oxygens (including phenoxy) is 3. The Balaban J connectivity index is 1.87. The molecule has 1 aliphatic rings. The van der Waals surface area contributed by atoms with E-state index in [1.54, 1.807) is 13.2 Å². The summed E-state index contributed by atoms with van der Waals surface area (Å²) in [5.74, 6) is 1.80. The van der Waals surface area contributed by atoms with Gasteiger partial charge in [-0.25, -0.2) is 13.1 Å². The highest BCUT2D eigenvalue weighted by molar-refractivity contribution is 7.89. The fraction of sp³-hybridized carbons (Fsp3) is 0.368. The maximum atomic E-state index is 12.9. The van der Waals surface area contributed by atoms with Crippen LogP contribution in [0.4, 0.5) is 0 Å². The van der Waals surface area contributed by atoms with E-state index in [9.17, 15) is 8.42 Å². The lowest BCUT2D eigenvalue weighted by Gasteiger charge is -2.24. The Bertz CT molecular complexity index is 862. The molecule has 26 heavy (non-hydrogen) atoms. The Morgan fingerprint density at radius 1 is 1.00 bits per heavy atom. The molecule has 0 bridgehead atoms. The van der Waals surface area contributed by atoms with Crippen molar-refractivity contribution in [2.75, 3.05) is 20.3 Å². The Kier molecular flexibility index (Phi) is 5.38. The number of rotatable bonds is 6. The second-order valence-corrected chi connectivity index (χ2v) is 8.14. The number of sulfonamides is 1. The zero-order valence-corrected chi connectivity index (χ0v) is 15.9. The molecular formula is C19H23NO5S. The normalized spacial score (nSPS) is 14.9. The highest BCUT2D eigenvalue weighted by Crippen LogP contribution is 2.33. The molecule has 1 aliphatic heterocycles. The second-order valence-electron chi connectivity index (χ2n) is 6.42. The standard InChI is InChI=1S/C19H23NO5S/c1-13(2)19(14-4-6-15(23-3)7-5-14)20-26(21,22)16-8-9-17-18(12-16)25-11-10-24-17/h4-9,12-13,19-20H,10-11H2,1-3H3/t19-/m0/s1. The summed E-state index contributed by atoms with van der Waals surface area (Å²) in [5.41, 5.74) is 0.877. The molecule has 1 atom stereocenters. The van der Waals surface area contributed by atoms with Crippen molar-refractivity contribution in [1.82, 2.24) is 4.72 Å². The maximum Gasteiger partial charge on any atom is 0.241 e. The van der Waals surface area contributed by atoms with E-state index in [2.05, 4.69) is 4.72 Å². The summed E-state index contributed by atoms with van der Waals surface area (Å²) in [6.07, 6.45) is 0. The van der Waals surface area contributed by atoms with Crippen molar-refractivity contribution < 1.29 is 22.6 Å². The molecule has 140 valence electrons. The van der Waals surface area contributed by atoms with Crippen LogP contribution in [0.5, 0.6) is 17.2 Å². The van der Waals surface area contributed by atoms with Gasteiger partial charge in [0.05, 0.1) is 12.0 Å². The fourth-order valence-corrected chi connectivity index (χ4v) is 4.21. The molecule has 0 spiro atoms. The molecule has 7 heteroatoms. The van der Waals surface area contributed by atoms with Crippen LogP contribution in [0.15, 0.2) is 47.4 Å². The molecule has 0 saturated heterocycles. The van der Waals surface area contributed by atoms with E-state index >= 15 is 0 Å². The van der Waals surface area contributed by atoms with Crippen LogP contribution >= 0.6 is 0 Å². The van der Waals surface area contributed by atoms with Crippen LogP contribution in [0.3, 0.4) is 0 Å². The van der Waals surface area contributed by atoms with Gasteiger partial charge in [0.1, 0.15) is 19.0 Å². The Morgan fingerprint density at radius 2 is 1.65 bits per heavy atom. The van der Waals surface area contributed by atoms with Crippen molar-refractivity contribution in [3.63, 3.8) is 0 Å². The summed E-state index contributed by atoms with van der Waals surface area (Å²) in [4.78, 5) is 0.154. The topological polar surface area (TPSA) is 73.9 Å². The van der Waals surface area contributed by atoms with Gasteiger partial charge in [0.25, 0.3) is 0 Å². The minimum Gasteiger partial charge on any atom is -0.497 e. The van der Waals surface area contributed by atoms with Crippen molar-refractivity contribution in [2.24, 2.45) is 5.92 Å². The summed E-state index contributed by atoms with van der Waals surface area (Å²) in [6.45, 7) is 4.82.